The number of para-hydroxylation sites is 1. The number of aryl methyl sites for hydroxylation is 1. The van der Waals surface area contributed by atoms with Gasteiger partial charge in [-0.2, -0.15) is 0 Å². The van der Waals surface area contributed by atoms with Crippen LogP contribution in [0.25, 0.3) is 10.9 Å². The van der Waals surface area contributed by atoms with Gasteiger partial charge in [0.2, 0.25) is 0 Å². The first-order chi connectivity index (χ1) is 15.2. The molecule has 162 valence electrons. The molecule has 1 amide bonds. The SMILES string of the molecule is Cc1cccc(N(Cc2cc3ccccc3[nH]c2=O)C(=O)c2ccc(C(C)(C)C)cc2)c1. The zero-order chi connectivity index (χ0) is 22.9. The summed E-state index contributed by atoms with van der Waals surface area (Å²) in [4.78, 5) is 31.0. The van der Waals surface area contributed by atoms with Crippen LogP contribution in [-0.4, -0.2) is 10.9 Å². The Morgan fingerprint density at radius 3 is 2.31 bits per heavy atom. The number of anilines is 1. The van der Waals surface area contributed by atoms with Gasteiger partial charge in [-0.05, 0) is 65.3 Å². The molecule has 4 rings (SSSR count). The molecule has 4 heteroatoms. The maximum atomic E-state index is 13.6. The second kappa shape index (κ2) is 8.46. The Hall–Kier alpha value is -3.66. The number of aromatic amines is 1. The van der Waals surface area contributed by atoms with Crippen LogP contribution >= 0.6 is 0 Å². The van der Waals surface area contributed by atoms with Gasteiger partial charge in [-0.15, -0.1) is 0 Å². The van der Waals surface area contributed by atoms with Gasteiger partial charge in [-0.25, -0.2) is 0 Å². The number of H-pyrrole nitrogens is 1. The van der Waals surface area contributed by atoms with Crippen LogP contribution in [0.2, 0.25) is 0 Å². The topological polar surface area (TPSA) is 53.2 Å². The number of rotatable bonds is 4. The summed E-state index contributed by atoms with van der Waals surface area (Å²) in [6.07, 6.45) is 0. The van der Waals surface area contributed by atoms with Gasteiger partial charge in [0, 0.05) is 22.3 Å². The lowest BCUT2D eigenvalue weighted by Crippen LogP contribution is -2.33. The van der Waals surface area contributed by atoms with E-state index < -0.39 is 0 Å². The van der Waals surface area contributed by atoms with E-state index in [-0.39, 0.29) is 23.4 Å². The molecule has 0 aliphatic rings. The largest absolute Gasteiger partial charge is 0.322 e. The molecular formula is C28H28N2O2. The molecular weight excluding hydrogens is 396 g/mol. The van der Waals surface area contributed by atoms with E-state index in [1.807, 2.05) is 85.8 Å². The van der Waals surface area contributed by atoms with E-state index in [0.29, 0.717) is 11.1 Å². The van der Waals surface area contributed by atoms with E-state index in [1.54, 1.807) is 4.90 Å². The lowest BCUT2D eigenvalue weighted by molar-refractivity contribution is 0.0985. The van der Waals surface area contributed by atoms with Crippen molar-refractivity contribution >= 4 is 22.5 Å². The fourth-order valence-electron chi connectivity index (χ4n) is 3.83. The molecule has 0 unspecified atom stereocenters. The first-order valence-electron chi connectivity index (χ1n) is 10.8. The molecule has 3 aromatic carbocycles. The van der Waals surface area contributed by atoms with Gasteiger partial charge in [0.1, 0.15) is 0 Å². The fourth-order valence-corrected chi connectivity index (χ4v) is 3.83. The van der Waals surface area contributed by atoms with Crippen molar-refractivity contribution in [1.29, 1.82) is 0 Å². The number of amides is 1. The van der Waals surface area contributed by atoms with E-state index in [1.165, 1.54) is 5.56 Å². The van der Waals surface area contributed by atoms with E-state index >= 15 is 0 Å². The molecule has 0 saturated heterocycles. The summed E-state index contributed by atoms with van der Waals surface area (Å²) in [6, 6.07) is 25.1. The fraction of sp³-hybridized carbons (Fsp3) is 0.214. The summed E-state index contributed by atoms with van der Waals surface area (Å²) in [6.45, 7) is 8.62. The zero-order valence-corrected chi connectivity index (χ0v) is 19.0. The van der Waals surface area contributed by atoms with Crippen molar-refractivity contribution in [3.05, 3.63) is 111 Å². The Kier molecular flexibility index (Phi) is 5.70. The van der Waals surface area contributed by atoms with Crippen LogP contribution in [0, 0.1) is 6.92 Å². The standard InChI is InChI=1S/C28H28N2O2/c1-19-8-7-10-24(16-19)30(27(32)20-12-14-23(15-13-20)28(2,3)4)18-22-17-21-9-5-6-11-25(21)29-26(22)31/h5-17H,18H2,1-4H3,(H,29,31). The van der Waals surface area contributed by atoms with Crippen LogP contribution in [0.5, 0.6) is 0 Å². The number of carbonyl (C=O) groups excluding carboxylic acids is 1. The zero-order valence-electron chi connectivity index (χ0n) is 19.0. The Balaban J connectivity index is 1.75. The van der Waals surface area contributed by atoms with Crippen LogP contribution in [0.4, 0.5) is 5.69 Å². The monoisotopic (exact) mass is 424 g/mol. The van der Waals surface area contributed by atoms with Crippen molar-refractivity contribution in [3.8, 4) is 0 Å². The molecule has 1 heterocycles. The normalized spacial score (nSPS) is 11.5. The number of aromatic nitrogens is 1. The molecule has 32 heavy (non-hydrogen) atoms. The van der Waals surface area contributed by atoms with E-state index in [9.17, 15) is 9.59 Å². The summed E-state index contributed by atoms with van der Waals surface area (Å²) >= 11 is 0. The van der Waals surface area contributed by atoms with Crippen LogP contribution in [0.3, 0.4) is 0 Å². The van der Waals surface area contributed by atoms with Gasteiger partial charge >= 0.3 is 0 Å². The third-order valence-corrected chi connectivity index (χ3v) is 5.72. The van der Waals surface area contributed by atoms with Gasteiger partial charge in [-0.3, -0.25) is 9.59 Å². The van der Waals surface area contributed by atoms with Crippen LogP contribution < -0.4 is 10.5 Å². The molecule has 0 aliphatic carbocycles. The van der Waals surface area contributed by atoms with Crippen molar-refractivity contribution in [2.75, 3.05) is 4.90 Å². The second-order valence-corrected chi connectivity index (χ2v) is 9.27. The van der Waals surface area contributed by atoms with Gasteiger partial charge in [0.25, 0.3) is 11.5 Å². The Morgan fingerprint density at radius 1 is 0.906 bits per heavy atom. The predicted molar refractivity (Wildman–Crippen MR) is 131 cm³/mol. The number of benzene rings is 3. The van der Waals surface area contributed by atoms with Crippen molar-refractivity contribution in [3.63, 3.8) is 0 Å². The maximum absolute atomic E-state index is 13.6. The summed E-state index contributed by atoms with van der Waals surface area (Å²) in [7, 11) is 0. The third-order valence-electron chi connectivity index (χ3n) is 5.72. The van der Waals surface area contributed by atoms with Crippen molar-refractivity contribution in [1.82, 2.24) is 4.98 Å². The van der Waals surface area contributed by atoms with Gasteiger partial charge in [-0.1, -0.05) is 63.2 Å². The minimum absolute atomic E-state index is 0.0101. The third kappa shape index (κ3) is 4.50. The highest BCUT2D eigenvalue weighted by Crippen LogP contribution is 2.25. The van der Waals surface area contributed by atoms with E-state index in [4.69, 9.17) is 0 Å². The summed E-state index contributed by atoms with van der Waals surface area (Å²) in [5.41, 5.74) is 4.74. The van der Waals surface area contributed by atoms with Crippen LogP contribution in [0.15, 0.2) is 83.7 Å². The average Bonchev–Trinajstić information content (AvgIpc) is 2.76. The summed E-state index contributed by atoms with van der Waals surface area (Å²) < 4.78 is 0. The Morgan fingerprint density at radius 2 is 1.62 bits per heavy atom. The number of hydrogen-bond acceptors (Lipinski definition) is 2. The molecule has 0 fully saturated rings. The van der Waals surface area contributed by atoms with Crippen molar-refractivity contribution < 1.29 is 4.79 Å². The lowest BCUT2D eigenvalue weighted by Gasteiger charge is -2.24. The first kappa shape index (κ1) is 21.6. The minimum Gasteiger partial charge on any atom is -0.322 e. The second-order valence-electron chi connectivity index (χ2n) is 9.27. The quantitative estimate of drug-likeness (QED) is 0.438. The van der Waals surface area contributed by atoms with Crippen molar-refractivity contribution in [2.45, 2.75) is 39.7 Å². The van der Waals surface area contributed by atoms with Gasteiger partial charge < -0.3 is 9.88 Å². The molecule has 1 aromatic heterocycles. The number of pyridine rings is 1. The molecule has 4 nitrogen and oxygen atoms in total. The van der Waals surface area contributed by atoms with E-state index in [0.717, 1.165) is 22.2 Å². The smallest absolute Gasteiger partial charge is 0.258 e. The molecule has 1 N–H and O–H groups in total. The van der Waals surface area contributed by atoms with Gasteiger partial charge in [0.15, 0.2) is 0 Å². The highest BCUT2D eigenvalue weighted by molar-refractivity contribution is 6.06. The highest BCUT2D eigenvalue weighted by atomic mass is 16.2. The molecule has 4 aromatic rings. The Bertz CT molecular complexity index is 1330. The maximum Gasteiger partial charge on any atom is 0.258 e. The minimum atomic E-state index is -0.183. The van der Waals surface area contributed by atoms with E-state index in [2.05, 4.69) is 25.8 Å². The number of nitrogens with one attached hydrogen (secondary N) is 1. The molecule has 0 radical (unpaired) electrons. The molecule has 0 aliphatic heterocycles. The highest BCUT2D eigenvalue weighted by Gasteiger charge is 2.21. The number of nitrogens with zero attached hydrogens (tertiary/aromatic N) is 1. The average molecular weight is 425 g/mol. The lowest BCUT2D eigenvalue weighted by atomic mass is 9.86. The number of hydrogen-bond donors (Lipinski definition) is 1. The molecule has 0 atom stereocenters. The van der Waals surface area contributed by atoms with Crippen LogP contribution in [0.1, 0.15) is 47.8 Å². The predicted octanol–water partition coefficient (Wildman–Crippen LogP) is 5.98. The number of fused-ring (bicyclic) bond motifs is 1. The van der Waals surface area contributed by atoms with Crippen molar-refractivity contribution in [2.24, 2.45) is 0 Å². The van der Waals surface area contributed by atoms with Gasteiger partial charge in [0.05, 0.1) is 6.54 Å². The molecule has 0 bridgehead atoms. The summed E-state index contributed by atoms with van der Waals surface area (Å²) in [5, 5.41) is 0.938. The van der Waals surface area contributed by atoms with Crippen LogP contribution in [-0.2, 0) is 12.0 Å². The first-order valence-corrected chi connectivity index (χ1v) is 10.8. The molecule has 0 spiro atoms. The Labute approximate surface area is 188 Å². The molecule has 0 saturated carbocycles. The number of carbonyl (C=O) groups is 1. The summed E-state index contributed by atoms with van der Waals surface area (Å²) in [5.74, 6) is -0.136.